The van der Waals surface area contributed by atoms with E-state index >= 15 is 0 Å². The van der Waals surface area contributed by atoms with Crippen molar-refractivity contribution >= 4 is 17.8 Å². The van der Waals surface area contributed by atoms with Crippen LogP contribution in [0.5, 0.6) is 0 Å². The quantitative estimate of drug-likeness (QED) is 0.432. The zero-order chi connectivity index (χ0) is 24.2. The summed E-state index contributed by atoms with van der Waals surface area (Å²) in [6, 6.07) is 18.0. The van der Waals surface area contributed by atoms with E-state index in [2.05, 4.69) is 10.6 Å². The van der Waals surface area contributed by atoms with Crippen LogP contribution >= 0.6 is 0 Å². The third-order valence-electron chi connectivity index (χ3n) is 5.74. The Labute approximate surface area is 200 Å². The molecule has 0 aromatic heterocycles. The maximum Gasteiger partial charge on any atom is 0.306 e. The number of esters is 1. The van der Waals surface area contributed by atoms with Crippen LogP contribution in [0.2, 0.25) is 0 Å². The van der Waals surface area contributed by atoms with Crippen molar-refractivity contribution < 1.29 is 24.2 Å². The number of benzene rings is 2. The number of carbonyl (C=O) groups excluding carboxylic acids is 3. The Morgan fingerprint density at radius 1 is 1.06 bits per heavy atom. The number of nitrogens with one attached hydrogen (secondary N) is 2. The lowest BCUT2D eigenvalue weighted by Gasteiger charge is -2.24. The minimum Gasteiger partial charge on any atom is -0.463 e. The number of hydrogen-bond acceptors (Lipinski definition) is 5. The van der Waals surface area contributed by atoms with E-state index in [4.69, 9.17) is 4.74 Å². The van der Waals surface area contributed by atoms with E-state index < -0.39 is 18.0 Å². The standard InChI is InChI=1S/C27H32N2O5/c30-18-23(16-20-10-4-1-5-11-20)28-25(31)17-22-14-8-3-9-15-26(32)34-19-24(29-27(22)33)21-12-6-2-7-13-21/h1-8,10-13,22-24,30H,9,14-19H2,(H,28,31)(H,29,33)/t22-,23+,24+/m1/s1. The minimum atomic E-state index is -0.589. The zero-order valence-electron chi connectivity index (χ0n) is 19.2. The Balaban J connectivity index is 1.68. The molecule has 0 bridgehead atoms. The van der Waals surface area contributed by atoms with Crippen molar-refractivity contribution in [2.45, 2.75) is 44.2 Å². The van der Waals surface area contributed by atoms with E-state index in [1.807, 2.05) is 72.8 Å². The average molecular weight is 465 g/mol. The van der Waals surface area contributed by atoms with Gasteiger partial charge in [-0.2, -0.15) is 0 Å². The fourth-order valence-electron chi connectivity index (χ4n) is 3.88. The second kappa shape index (κ2) is 13.3. The summed E-state index contributed by atoms with van der Waals surface area (Å²) in [6.45, 7) is -0.167. The second-order valence-electron chi connectivity index (χ2n) is 8.44. The van der Waals surface area contributed by atoms with Crippen LogP contribution in [0.4, 0.5) is 0 Å². The second-order valence-corrected chi connectivity index (χ2v) is 8.44. The molecule has 2 aromatic carbocycles. The van der Waals surface area contributed by atoms with Gasteiger partial charge in [0, 0.05) is 12.8 Å². The number of rotatable bonds is 7. The molecule has 1 heterocycles. The van der Waals surface area contributed by atoms with Crippen LogP contribution < -0.4 is 10.6 Å². The predicted molar refractivity (Wildman–Crippen MR) is 129 cm³/mol. The predicted octanol–water partition coefficient (Wildman–Crippen LogP) is 2.85. The van der Waals surface area contributed by atoms with Crippen molar-refractivity contribution in [3.8, 4) is 0 Å². The molecule has 2 aromatic rings. The van der Waals surface area contributed by atoms with Gasteiger partial charge in [0.1, 0.15) is 6.61 Å². The molecule has 180 valence electrons. The van der Waals surface area contributed by atoms with Crippen LogP contribution in [0.3, 0.4) is 0 Å². The molecule has 0 radical (unpaired) electrons. The van der Waals surface area contributed by atoms with Crippen LogP contribution in [0.15, 0.2) is 72.8 Å². The Kier molecular flexibility index (Phi) is 9.85. The van der Waals surface area contributed by atoms with E-state index in [0.717, 1.165) is 11.1 Å². The number of cyclic esters (lactones) is 1. The van der Waals surface area contributed by atoms with Gasteiger partial charge in [0.15, 0.2) is 0 Å². The summed E-state index contributed by atoms with van der Waals surface area (Å²) in [5.41, 5.74) is 1.83. The first-order chi connectivity index (χ1) is 16.5. The Bertz CT molecular complexity index is 962. The first kappa shape index (κ1) is 25.2. The van der Waals surface area contributed by atoms with Crippen molar-refractivity contribution in [1.82, 2.24) is 10.6 Å². The van der Waals surface area contributed by atoms with Gasteiger partial charge in [-0.25, -0.2) is 0 Å². The Morgan fingerprint density at radius 2 is 1.76 bits per heavy atom. The fourth-order valence-corrected chi connectivity index (χ4v) is 3.88. The van der Waals surface area contributed by atoms with Gasteiger partial charge in [-0.05, 0) is 30.4 Å². The van der Waals surface area contributed by atoms with Crippen LogP contribution in [0.25, 0.3) is 0 Å². The van der Waals surface area contributed by atoms with Gasteiger partial charge in [0.2, 0.25) is 11.8 Å². The van der Waals surface area contributed by atoms with Gasteiger partial charge < -0.3 is 20.5 Å². The molecule has 0 saturated carbocycles. The van der Waals surface area contributed by atoms with Crippen LogP contribution in [0, 0.1) is 5.92 Å². The fraction of sp³-hybridized carbons (Fsp3) is 0.370. The van der Waals surface area contributed by atoms with Gasteiger partial charge in [-0.3, -0.25) is 14.4 Å². The summed E-state index contributed by atoms with van der Waals surface area (Å²) in [5, 5.41) is 15.5. The highest BCUT2D eigenvalue weighted by atomic mass is 16.5. The minimum absolute atomic E-state index is 0.0112. The molecular weight excluding hydrogens is 432 g/mol. The highest BCUT2D eigenvalue weighted by Crippen LogP contribution is 2.18. The molecule has 0 saturated heterocycles. The summed E-state index contributed by atoms with van der Waals surface area (Å²) in [7, 11) is 0. The van der Waals surface area contributed by atoms with Gasteiger partial charge in [-0.1, -0.05) is 72.8 Å². The summed E-state index contributed by atoms with van der Waals surface area (Å²) in [6.07, 6.45) is 5.30. The molecule has 3 rings (SSSR count). The number of hydrogen-bond donors (Lipinski definition) is 3. The molecule has 1 aliphatic heterocycles. The molecule has 2 amide bonds. The molecule has 0 aliphatic carbocycles. The first-order valence-electron chi connectivity index (χ1n) is 11.6. The lowest BCUT2D eigenvalue weighted by molar-refractivity contribution is -0.145. The summed E-state index contributed by atoms with van der Waals surface area (Å²) < 4.78 is 5.38. The van der Waals surface area contributed by atoms with E-state index in [9.17, 15) is 19.5 Å². The molecule has 1 aliphatic rings. The first-order valence-corrected chi connectivity index (χ1v) is 11.6. The summed E-state index contributed by atoms with van der Waals surface area (Å²) in [5.74, 6) is -1.48. The third kappa shape index (κ3) is 8.15. The topological polar surface area (TPSA) is 105 Å². The largest absolute Gasteiger partial charge is 0.463 e. The Morgan fingerprint density at radius 3 is 2.47 bits per heavy atom. The normalized spacial score (nSPS) is 20.3. The van der Waals surface area contributed by atoms with Crippen LogP contribution in [-0.4, -0.2) is 42.1 Å². The third-order valence-corrected chi connectivity index (χ3v) is 5.74. The number of ether oxygens (including phenoxy) is 1. The van der Waals surface area contributed by atoms with Crippen LogP contribution in [0.1, 0.15) is 42.9 Å². The maximum absolute atomic E-state index is 13.2. The number of carbonyl (C=O) groups is 3. The van der Waals surface area contributed by atoms with E-state index in [1.54, 1.807) is 0 Å². The zero-order valence-corrected chi connectivity index (χ0v) is 19.2. The van der Waals surface area contributed by atoms with Crippen molar-refractivity contribution in [3.05, 3.63) is 83.9 Å². The van der Waals surface area contributed by atoms with Crippen LogP contribution in [-0.2, 0) is 25.5 Å². The SMILES string of the molecule is O=C(C[C@H]1CC=CCCC(=O)OC[C@@H](c2ccccc2)NC1=O)N[C@H](CO)Cc1ccccc1. The maximum atomic E-state index is 13.2. The molecule has 0 fully saturated rings. The molecule has 0 unspecified atom stereocenters. The summed E-state index contributed by atoms with van der Waals surface area (Å²) >= 11 is 0. The average Bonchev–Trinajstić information content (AvgIpc) is 2.85. The number of allylic oxidation sites excluding steroid dienone is 2. The van der Waals surface area contributed by atoms with E-state index in [-0.39, 0.29) is 43.8 Å². The molecule has 3 atom stereocenters. The summed E-state index contributed by atoms with van der Waals surface area (Å²) in [4.78, 5) is 37.9. The number of amides is 2. The van der Waals surface area contributed by atoms with Gasteiger partial charge >= 0.3 is 5.97 Å². The monoisotopic (exact) mass is 464 g/mol. The van der Waals surface area contributed by atoms with Crippen molar-refractivity contribution in [2.24, 2.45) is 5.92 Å². The number of aliphatic hydroxyl groups is 1. The molecule has 3 N–H and O–H groups in total. The Hall–Kier alpha value is -3.45. The van der Waals surface area contributed by atoms with Gasteiger partial charge in [0.05, 0.1) is 24.6 Å². The smallest absolute Gasteiger partial charge is 0.306 e. The van der Waals surface area contributed by atoms with E-state index in [1.165, 1.54) is 0 Å². The molecule has 7 heteroatoms. The molecule has 0 spiro atoms. The van der Waals surface area contributed by atoms with Gasteiger partial charge in [0.25, 0.3) is 0 Å². The molecular formula is C27H32N2O5. The lowest BCUT2D eigenvalue weighted by Crippen LogP contribution is -2.42. The molecule has 34 heavy (non-hydrogen) atoms. The van der Waals surface area contributed by atoms with Crippen molar-refractivity contribution in [1.29, 1.82) is 0 Å². The molecule has 7 nitrogen and oxygen atoms in total. The lowest BCUT2D eigenvalue weighted by atomic mass is 9.97. The van der Waals surface area contributed by atoms with Gasteiger partial charge in [-0.15, -0.1) is 0 Å². The van der Waals surface area contributed by atoms with Crippen molar-refractivity contribution in [3.63, 3.8) is 0 Å². The van der Waals surface area contributed by atoms with Crippen molar-refractivity contribution in [2.75, 3.05) is 13.2 Å². The highest BCUT2D eigenvalue weighted by Gasteiger charge is 2.26. The highest BCUT2D eigenvalue weighted by molar-refractivity contribution is 5.86. The number of aliphatic hydroxyl groups excluding tert-OH is 1. The van der Waals surface area contributed by atoms with E-state index in [0.29, 0.717) is 19.3 Å².